The number of rotatable bonds is 4. The van der Waals surface area contributed by atoms with Crippen LogP contribution in [0.25, 0.3) is 10.1 Å². The van der Waals surface area contributed by atoms with Gasteiger partial charge in [-0.3, -0.25) is 4.79 Å². The van der Waals surface area contributed by atoms with E-state index in [9.17, 15) is 9.59 Å². The van der Waals surface area contributed by atoms with Crippen molar-refractivity contribution in [2.24, 2.45) is 5.10 Å². The summed E-state index contributed by atoms with van der Waals surface area (Å²) in [6.07, 6.45) is 1.40. The van der Waals surface area contributed by atoms with Crippen LogP contribution in [0.4, 0.5) is 0 Å². The number of carbonyl (C=O) groups is 2. The molecule has 0 aliphatic carbocycles. The lowest BCUT2D eigenvalue weighted by Crippen LogP contribution is -2.16. The zero-order valence-electron chi connectivity index (χ0n) is 12.8. The lowest BCUT2D eigenvalue weighted by Gasteiger charge is -1.98. The number of fused-ring (bicyclic) bond motifs is 1. The number of amides is 1. The number of halogens is 3. The fourth-order valence-corrected chi connectivity index (χ4v) is 4.45. The molecule has 0 fully saturated rings. The SMILES string of the molecule is O=C(O)c1ccc(/C=N/NC(=O)c2sc3cc(Cl)cc(Cl)c3c2Cl)cc1. The molecule has 0 bridgehead atoms. The molecule has 132 valence electrons. The van der Waals surface area contributed by atoms with Crippen LogP contribution < -0.4 is 5.43 Å². The van der Waals surface area contributed by atoms with Crippen LogP contribution in [0.5, 0.6) is 0 Å². The van der Waals surface area contributed by atoms with Crippen LogP contribution in [0.1, 0.15) is 25.6 Å². The van der Waals surface area contributed by atoms with E-state index in [1.807, 2.05) is 0 Å². The van der Waals surface area contributed by atoms with E-state index in [1.165, 1.54) is 18.3 Å². The monoisotopic (exact) mass is 426 g/mol. The lowest BCUT2D eigenvalue weighted by molar-refractivity contribution is 0.0696. The van der Waals surface area contributed by atoms with E-state index in [0.717, 1.165) is 11.3 Å². The third-order valence-corrected chi connectivity index (χ3v) is 5.54. The molecule has 3 rings (SSSR count). The Labute approximate surface area is 166 Å². The maximum atomic E-state index is 12.3. The van der Waals surface area contributed by atoms with Gasteiger partial charge in [0.2, 0.25) is 0 Å². The standard InChI is InChI=1S/C17H9Cl3N2O3S/c18-10-5-11(19)13-12(6-10)26-15(14(13)20)16(23)22-21-7-8-1-3-9(4-2-8)17(24)25/h1-7H,(H,22,23)(H,24,25)/b21-7+. The van der Waals surface area contributed by atoms with Gasteiger partial charge in [-0.25, -0.2) is 10.2 Å². The molecule has 1 aromatic heterocycles. The Morgan fingerprint density at radius 3 is 2.46 bits per heavy atom. The summed E-state index contributed by atoms with van der Waals surface area (Å²) in [7, 11) is 0. The Kier molecular flexibility index (Phi) is 5.48. The molecule has 0 unspecified atom stereocenters. The zero-order chi connectivity index (χ0) is 18.8. The maximum absolute atomic E-state index is 12.3. The molecular formula is C17H9Cl3N2O3S. The van der Waals surface area contributed by atoms with E-state index in [0.29, 0.717) is 25.7 Å². The normalized spacial score (nSPS) is 11.2. The van der Waals surface area contributed by atoms with Crippen LogP contribution in [0.2, 0.25) is 15.1 Å². The zero-order valence-corrected chi connectivity index (χ0v) is 15.9. The van der Waals surface area contributed by atoms with E-state index in [1.54, 1.807) is 24.3 Å². The second kappa shape index (κ2) is 7.63. The molecule has 0 aliphatic heterocycles. The van der Waals surface area contributed by atoms with Gasteiger partial charge in [-0.05, 0) is 29.8 Å². The Balaban J connectivity index is 1.78. The molecule has 0 saturated carbocycles. The van der Waals surface area contributed by atoms with Gasteiger partial charge < -0.3 is 5.11 Å². The van der Waals surface area contributed by atoms with Crippen molar-refractivity contribution in [1.82, 2.24) is 5.43 Å². The van der Waals surface area contributed by atoms with Gasteiger partial charge in [0.25, 0.3) is 5.91 Å². The summed E-state index contributed by atoms with van der Waals surface area (Å²) in [4.78, 5) is 23.4. The summed E-state index contributed by atoms with van der Waals surface area (Å²) >= 11 is 19.5. The molecular weight excluding hydrogens is 419 g/mol. The topological polar surface area (TPSA) is 78.8 Å². The fourth-order valence-electron chi connectivity index (χ4n) is 2.19. The van der Waals surface area contributed by atoms with Crippen molar-refractivity contribution in [3.63, 3.8) is 0 Å². The van der Waals surface area contributed by atoms with Gasteiger partial charge in [-0.2, -0.15) is 5.10 Å². The molecule has 0 spiro atoms. The van der Waals surface area contributed by atoms with Gasteiger partial charge in [0.15, 0.2) is 0 Å². The van der Waals surface area contributed by atoms with E-state index in [4.69, 9.17) is 39.9 Å². The first-order valence-electron chi connectivity index (χ1n) is 7.10. The lowest BCUT2D eigenvalue weighted by atomic mass is 10.1. The number of nitrogens with zero attached hydrogens (tertiary/aromatic N) is 1. The highest BCUT2D eigenvalue weighted by molar-refractivity contribution is 7.21. The Morgan fingerprint density at radius 2 is 1.81 bits per heavy atom. The first kappa shape index (κ1) is 18.7. The van der Waals surface area contributed by atoms with Gasteiger partial charge in [-0.1, -0.05) is 46.9 Å². The fraction of sp³-hybridized carbons (Fsp3) is 0. The molecule has 2 aromatic carbocycles. The van der Waals surface area contributed by atoms with Gasteiger partial charge in [0.1, 0.15) is 4.88 Å². The Bertz CT molecular complexity index is 1050. The highest BCUT2D eigenvalue weighted by Gasteiger charge is 2.19. The number of carboxylic acids is 1. The molecule has 1 heterocycles. The van der Waals surface area contributed by atoms with Crippen molar-refractivity contribution in [3.05, 3.63) is 67.5 Å². The van der Waals surface area contributed by atoms with Crippen LogP contribution in [0.15, 0.2) is 41.5 Å². The van der Waals surface area contributed by atoms with Crippen molar-refractivity contribution in [2.75, 3.05) is 0 Å². The molecule has 0 radical (unpaired) electrons. The number of carboxylic acid groups (broad SMARTS) is 1. The minimum absolute atomic E-state index is 0.166. The van der Waals surface area contributed by atoms with Crippen molar-refractivity contribution >= 4 is 74.3 Å². The van der Waals surface area contributed by atoms with Gasteiger partial charge in [-0.15, -0.1) is 11.3 Å². The predicted molar refractivity (Wildman–Crippen MR) is 105 cm³/mol. The molecule has 9 heteroatoms. The van der Waals surface area contributed by atoms with E-state index in [2.05, 4.69) is 10.5 Å². The van der Waals surface area contributed by atoms with Crippen LogP contribution >= 0.6 is 46.1 Å². The third kappa shape index (κ3) is 3.83. The van der Waals surface area contributed by atoms with Crippen LogP contribution in [0.3, 0.4) is 0 Å². The summed E-state index contributed by atoms with van der Waals surface area (Å²) in [6.45, 7) is 0. The summed E-state index contributed by atoms with van der Waals surface area (Å²) in [5.74, 6) is -1.50. The molecule has 2 N–H and O–H groups in total. The highest BCUT2D eigenvalue weighted by Crippen LogP contribution is 2.41. The number of thiophene rings is 1. The number of carbonyl (C=O) groups excluding carboxylic acids is 1. The summed E-state index contributed by atoms with van der Waals surface area (Å²) in [5, 5.41) is 14.3. The summed E-state index contributed by atoms with van der Waals surface area (Å²) in [5.41, 5.74) is 3.18. The van der Waals surface area contributed by atoms with Gasteiger partial charge in [0, 0.05) is 15.1 Å². The number of hydrogen-bond acceptors (Lipinski definition) is 4. The number of hydrazone groups is 1. The average Bonchev–Trinajstić information content (AvgIpc) is 2.92. The molecule has 0 saturated heterocycles. The molecule has 26 heavy (non-hydrogen) atoms. The minimum Gasteiger partial charge on any atom is -0.478 e. The van der Waals surface area contributed by atoms with Crippen molar-refractivity contribution in [1.29, 1.82) is 0 Å². The Hall–Kier alpha value is -2.12. The predicted octanol–water partition coefficient (Wildman–Crippen LogP) is 5.32. The molecule has 1 amide bonds. The molecule has 3 aromatic rings. The van der Waals surface area contributed by atoms with Crippen molar-refractivity contribution in [2.45, 2.75) is 0 Å². The number of aromatic carboxylic acids is 1. The summed E-state index contributed by atoms with van der Waals surface area (Å²) in [6, 6.07) is 9.29. The minimum atomic E-state index is -1.01. The smallest absolute Gasteiger partial charge is 0.335 e. The van der Waals surface area contributed by atoms with E-state index < -0.39 is 11.9 Å². The van der Waals surface area contributed by atoms with Crippen LogP contribution in [-0.2, 0) is 0 Å². The maximum Gasteiger partial charge on any atom is 0.335 e. The van der Waals surface area contributed by atoms with Crippen LogP contribution in [-0.4, -0.2) is 23.2 Å². The Morgan fingerprint density at radius 1 is 1.12 bits per heavy atom. The molecule has 5 nitrogen and oxygen atoms in total. The van der Waals surface area contributed by atoms with Crippen molar-refractivity contribution < 1.29 is 14.7 Å². The van der Waals surface area contributed by atoms with Crippen LogP contribution in [0, 0.1) is 0 Å². The first-order chi connectivity index (χ1) is 12.4. The average molecular weight is 428 g/mol. The highest BCUT2D eigenvalue weighted by atomic mass is 35.5. The second-order valence-electron chi connectivity index (χ2n) is 5.13. The molecule has 0 aliphatic rings. The third-order valence-electron chi connectivity index (χ3n) is 3.39. The number of nitrogens with one attached hydrogen (secondary N) is 1. The number of benzene rings is 2. The summed E-state index contributed by atoms with van der Waals surface area (Å²) < 4.78 is 0.700. The molecule has 0 atom stereocenters. The quantitative estimate of drug-likeness (QED) is 0.437. The largest absolute Gasteiger partial charge is 0.478 e. The van der Waals surface area contributed by atoms with Gasteiger partial charge >= 0.3 is 5.97 Å². The van der Waals surface area contributed by atoms with E-state index in [-0.39, 0.29) is 15.5 Å². The van der Waals surface area contributed by atoms with Crippen molar-refractivity contribution in [3.8, 4) is 0 Å². The van der Waals surface area contributed by atoms with E-state index >= 15 is 0 Å². The first-order valence-corrected chi connectivity index (χ1v) is 9.05. The van der Waals surface area contributed by atoms with Gasteiger partial charge in [0.05, 0.1) is 21.8 Å². The number of hydrogen-bond donors (Lipinski definition) is 2. The second-order valence-corrected chi connectivity index (χ2v) is 7.41.